The SMILES string of the molecule is COc1ccccc1CNc1cn(CCF)nc1C.Cl. The summed E-state index contributed by atoms with van der Waals surface area (Å²) < 4.78 is 19.2. The van der Waals surface area contributed by atoms with Gasteiger partial charge >= 0.3 is 0 Å². The maximum Gasteiger partial charge on any atom is 0.123 e. The standard InChI is InChI=1S/C14H18FN3O.ClH/c1-11-13(10-18(17-11)8-7-15)16-9-12-5-3-4-6-14(12)19-2;/h3-6,10,16H,7-9H2,1-2H3;1H. The van der Waals surface area contributed by atoms with Crippen molar-refractivity contribution in [1.29, 1.82) is 0 Å². The Labute approximate surface area is 124 Å². The third-order valence-electron chi connectivity index (χ3n) is 2.92. The molecule has 0 saturated carbocycles. The highest BCUT2D eigenvalue weighted by Gasteiger charge is 2.06. The number of methoxy groups -OCH3 is 1. The molecule has 0 fully saturated rings. The van der Waals surface area contributed by atoms with E-state index in [9.17, 15) is 4.39 Å². The predicted octanol–water partition coefficient (Wildman–Crippen LogP) is 3.20. The lowest BCUT2D eigenvalue weighted by molar-refractivity contribution is 0.410. The second kappa shape index (κ2) is 7.75. The number of para-hydroxylation sites is 1. The van der Waals surface area contributed by atoms with Gasteiger partial charge in [-0.2, -0.15) is 5.10 Å². The van der Waals surface area contributed by atoms with Crippen molar-refractivity contribution in [3.05, 3.63) is 41.7 Å². The first kappa shape index (κ1) is 16.3. The summed E-state index contributed by atoms with van der Waals surface area (Å²) in [6, 6.07) is 7.84. The van der Waals surface area contributed by atoms with E-state index >= 15 is 0 Å². The van der Waals surface area contributed by atoms with Gasteiger partial charge in [0.2, 0.25) is 0 Å². The van der Waals surface area contributed by atoms with E-state index in [0.29, 0.717) is 6.54 Å². The Morgan fingerprint density at radius 1 is 1.35 bits per heavy atom. The molecular formula is C14H19ClFN3O. The maximum absolute atomic E-state index is 12.3. The van der Waals surface area contributed by atoms with E-state index in [4.69, 9.17) is 4.74 Å². The summed E-state index contributed by atoms with van der Waals surface area (Å²) in [5.41, 5.74) is 2.85. The molecular weight excluding hydrogens is 281 g/mol. The van der Waals surface area contributed by atoms with Gasteiger partial charge < -0.3 is 10.1 Å². The van der Waals surface area contributed by atoms with Crippen LogP contribution in [0.25, 0.3) is 0 Å². The van der Waals surface area contributed by atoms with E-state index in [-0.39, 0.29) is 19.0 Å². The molecule has 0 radical (unpaired) electrons. The minimum Gasteiger partial charge on any atom is -0.496 e. The Morgan fingerprint density at radius 3 is 2.80 bits per heavy atom. The molecule has 2 rings (SSSR count). The van der Waals surface area contributed by atoms with E-state index in [2.05, 4.69) is 10.4 Å². The predicted molar refractivity (Wildman–Crippen MR) is 80.5 cm³/mol. The third-order valence-corrected chi connectivity index (χ3v) is 2.92. The number of halogens is 2. The summed E-state index contributed by atoms with van der Waals surface area (Å²) in [5, 5.41) is 7.54. The van der Waals surface area contributed by atoms with Crippen LogP contribution in [0.15, 0.2) is 30.5 Å². The van der Waals surface area contributed by atoms with Gasteiger partial charge in [0.1, 0.15) is 12.4 Å². The maximum atomic E-state index is 12.3. The van der Waals surface area contributed by atoms with Crippen LogP contribution in [0.1, 0.15) is 11.3 Å². The van der Waals surface area contributed by atoms with Crippen LogP contribution in [0.5, 0.6) is 5.75 Å². The minimum absolute atomic E-state index is 0. The summed E-state index contributed by atoms with van der Waals surface area (Å²) in [6.07, 6.45) is 1.82. The van der Waals surface area contributed by atoms with Crippen LogP contribution < -0.4 is 10.1 Å². The molecule has 1 heterocycles. The molecule has 1 aromatic heterocycles. The highest BCUT2D eigenvalue weighted by atomic mass is 35.5. The van der Waals surface area contributed by atoms with Gasteiger partial charge in [0.25, 0.3) is 0 Å². The van der Waals surface area contributed by atoms with E-state index in [1.165, 1.54) is 0 Å². The fraction of sp³-hybridized carbons (Fsp3) is 0.357. The van der Waals surface area contributed by atoms with Crippen molar-refractivity contribution >= 4 is 18.1 Å². The normalized spacial score (nSPS) is 9.95. The van der Waals surface area contributed by atoms with Gasteiger partial charge in [0.05, 0.1) is 25.0 Å². The number of rotatable bonds is 6. The molecule has 1 aromatic carbocycles. The third kappa shape index (κ3) is 3.87. The highest BCUT2D eigenvalue weighted by Crippen LogP contribution is 2.20. The van der Waals surface area contributed by atoms with E-state index in [0.717, 1.165) is 22.7 Å². The molecule has 4 nitrogen and oxygen atoms in total. The van der Waals surface area contributed by atoms with Crippen LogP contribution in [0, 0.1) is 6.92 Å². The van der Waals surface area contributed by atoms with E-state index < -0.39 is 6.67 Å². The molecule has 6 heteroatoms. The average Bonchev–Trinajstić information content (AvgIpc) is 2.77. The lowest BCUT2D eigenvalue weighted by Crippen LogP contribution is -2.02. The number of nitrogens with zero attached hydrogens (tertiary/aromatic N) is 2. The summed E-state index contributed by atoms with van der Waals surface area (Å²) >= 11 is 0. The topological polar surface area (TPSA) is 39.1 Å². The molecule has 0 aliphatic heterocycles. The number of nitrogens with one attached hydrogen (secondary N) is 1. The molecule has 0 atom stereocenters. The Hall–Kier alpha value is -1.75. The van der Waals surface area contributed by atoms with Crippen molar-refractivity contribution < 1.29 is 9.13 Å². The van der Waals surface area contributed by atoms with Gasteiger partial charge in [-0.3, -0.25) is 4.68 Å². The van der Waals surface area contributed by atoms with Crippen molar-refractivity contribution in [2.75, 3.05) is 19.1 Å². The number of aromatic nitrogens is 2. The number of hydrogen-bond donors (Lipinski definition) is 1. The Morgan fingerprint density at radius 2 is 2.10 bits per heavy atom. The molecule has 20 heavy (non-hydrogen) atoms. The first-order valence-corrected chi connectivity index (χ1v) is 6.20. The lowest BCUT2D eigenvalue weighted by atomic mass is 10.2. The van der Waals surface area contributed by atoms with Gasteiger partial charge in [-0.05, 0) is 13.0 Å². The summed E-state index contributed by atoms with van der Waals surface area (Å²) in [4.78, 5) is 0. The first-order valence-electron chi connectivity index (χ1n) is 6.20. The van der Waals surface area contributed by atoms with Crippen LogP contribution in [0.3, 0.4) is 0 Å². The van der Waals surface area contributed by atoms with Crippen LogP contribution in [-0.2, 0) is 13.1 Å². The van der Waals surface area contributed by atoms with Crippen molar-refractivity contribution in [3.63, 3.8) is 0 Å². The monoisotopic (exact) mass is 299 g/mol. The van der Waals surface area contributed by atoms with Crippen LogP contribution in [0.2, 0.25) is 0 Å². The van der Waals surface area contributed by atoms with Crippen molar-refractivity contribution in [2.24, 2.45) is 0 Å². The van der Waals surface area contributed by atoms with Gasteiger partial charge in [-0.25, -0.2) is 4.39 Å². The Kier molecular flexibility index (Phi) is 6.31. The van der Waals surface area contributed by atoms with Crippen LogP contribution in [0.4, 0.5) is 10.1 Å². The van der Waals surface area contributed by atoms with E-state index in [1.54, 1.807) is 11.8 Å². The second-order valence-corrected chi connectivity index (χ2v) is 4.25. The Bertz CT molecular complexity index is 545. The minimum atomic E-state index is -0.410. The molecule has 0 unspecified atom stereocenters. The molecule has 0 aliphatic carbocycles. The number of alkyl halides is 1. The molecule has 110 valence electrons. The number of aryl methyl sites for hydroxylation is 2. The lowest BCUT2D eigenvalue weighted by Gasteiger charge is -2.09. The molecule has 1 N–H and O–H groups in total. The summed E-state index contributed by atoms with van der Waals surface area (Å²) in [5.74, 6) is 0.851. The van der Waals surface area contributed by atoms with Gasteiger partial charge in [-0.1, -0.05) is 18.2 Å². The molecule has 0 saturated heterocycles. The molecule has 0 aliphatic rings. The molecule has 0 amide bonds. The van der Waals surface area contributed by atoms with Crippen molar-refractivity contribution in [3.8, 4) is 5.75 Å². The molecule has 0 bridgehead atoms. The zero-order valence-electron chi connectivity index (χ0n) is 11.6. The fourth-order valence-corrected chi connectivity index (χ4v) is 1.93. The fourth-order valence-electron chi connectivity index (χ4n) is 1.93. The zero-order valence-corrected chi connectivity index (χ0v) is 12.4. The van der Waals surface area contributed by atoms with Crippen molar-refractivity contribution in [1.82, 2.24) is 9.78 Å². The zero-order chi connectivity index (χ0) is 13.7. The van der Waals surface area contributed by atoms with Gasteiger partial charge in [-0.15, -0.1) is 12.4 Å². The van der Waals surface area contributed by atoms with Crippen LogP contribution in [-0.4, -0.2) is 23.6 Å². The Balaban J connectivity index is 0.00000200. The quantitative estimate of drug-likeness (QED) is 0.890. The van der Waals surface area contributed by atoms with Crippen molar-refractivity contribution in [2.45, 2.75) is 20.0 Å². The summed E-state index contributed by atoms with van der Waals surface area (Å²) in [7, 11) is 1.66. The number of ether oxygens (including phenoxy) is 1. The number of hydrogen-bond acceptors (Lipinski definition) is 3. The smallest absolute Gasteiger partial charge is 0.123 e. The molecule has 2 aromatic rings. The number of benzene rings is 1. The first-order chi connectivity index (χ1) is 9.24. The summed E-state index contributed by atoms with van der Waals surface area (Å²) in [6.45, 7) is 2.43. The highest BCUT2D eigenvalue weighted by molar-refractivity contribution is 5.85. The second-order valence-electron chi connectivity index (χ2n) is 4.25. The molecule has 0 spiro atoms. The van der Waals surface area contributed by atoms with Crippen LogP contribution >= 0.6 is 12.4 Å². The average molecular weight is 300 g/mol. The van der Waals surface area contributed by atoms with E-state index in [1.807, 2.05) is 37.4 Å². The largest absolute Gasteiger partial charge is 0.496 e. The van der Waals surface area contributed by atoms with Gasteiger partial charge in [0.15, 0.2) is 0 Å². The number of anilines is 1. The van der Waals surface area contributed by atoms with Gasteiger partial charge in [0, 0.05) is 18.3 Å².